The number of aryl methyl sites for hydroxylation is 2. The van der Waals surface area contributed by atoms with Crippen LogP contribution in [0.25, 0.3) is 11.3 Å². The Labute approximate surface area is 147 Å². The van der Waals surface area contributed by atoms with Crippen LogP contribution in [-0.2, 0) is 22.9 Å². The largest absolute Gasteiger partial charge is 0.345 e. The molecule has 4 rings (SSSR count). The highest BCUT2D eigenvalue weighted by molar-refractivity contribution is 7.92. The van der Waals surface area contributed by atoms with Gasteiger partial charge in [0, 0.05) is 11.3 Å². The average Bonchev–Trinajstić information content (AvgIpc) is 3.16. The first-order valence-electron chi connectivity index (χ1n) is 8.35. The maximum absolute atomic E-state index is 12.8. The van der Waals surface area contributed by atoms with Crippen molar-refractivity contribution in [3.8, 4) is 11.3 Å². The number of fused-ring (bicyclic) bond motifs is 1. The van der Waals surface area contributed by atoms with Gasteiger partial charge in [-0.25, -0.2) is 13.4 Å². The molecule has 0 spiro atoms. The number of nitrogens with zero attached hydrogens (tertiary/aromatic N) is 1. The standard InChI is InChI=1S/C19H19N3O2S/c23-25(24,18-9-8-14-4-1-2-5-15(14)11-18)22-17-7-3-6-16(10-17)19-12-20-13-21-19/h3,6-13,22H,1-2,4-5H2,(H,20,21). The second-order valence-electron chi connectivity index (χ2n) is 6.29. The lowest BCUT2D eigenvalue weighted by Crippen LogP contribution is -2.14. The van der Waals surface area contributed by atoms with Crippen LogP contribution in [0.2, 0.25) is 0 Å². The highest BCUT2D eigenvalue weighted by Crippen LogP contribution is 2.26. The highest BCUT2D eigenvalue weighted by atomic mass is 32.2. The Morgan fingerprint density at radius 3 is 2.64 bits per heavy atom. The number of benzene rings is 2. The Balaban J connectivity index is 1.62. The zero-order valence-electron chi connectivity index (χ0n) is 13.7. The smallest absolute Gasteiger partial charge is 0.261 e. The number of imidazole rings is 1. The Hall–Kier alpha value is -2.60. The van der Waals surface area contributed by atoms with Crippen molar-refractivity contribution in [2.45, 2.75) is 30.6 Å². The van der Waals surface area contributed by atoms with Gasteiger partial charge in [-0.1, -0.05) is 18.2 Å². The van der Waals surface area contributed by atoms with Crippen molar-refractivity contribution in [1.82, 2.24) is 9.97 Å². The zero-order valence-corrected chi connectivity index (χ0v) is 14.5. The number of hydrogen-bond acceptors (Lipinski definition) is 3. The molecule has 2 aromatic carbocycles. The quantitative estimate of drug-likeness (QED) is 0.750. The van der Waals surface area contributed by atoms with Crippen LogP contribution in [0.5, 0.6) is 0 Å². The Bertz CT molecular complexity index is 995. The Morgan fingerprint density at radius 2 is 1.84 bits per heavy atom. The molecule has 2 N–H and O–H groups in total. The van der Waals surface area contributed by atoms with E-state index in [2.05, 4.69) is 14.7 Å². The van der Waals surface area contributed by atoms with E-state index in [0.717, 1.165) is 36.1 Å². The molecule has 1 aliphatic carbocycles. The summed E-state index contributed by atoms with van der Waals surface area (Å²) in [5.74, 6) is 0. The van der Waals surface area contributed by atoms with Crippen molar-refractivity contribution >= 4 is 15.7 Å². The molecule has 3 aromatic rings. The van der Waals surface area contributed by atoms with Gasteiger partial charge in [0.05, 0.1) is 23.1 Å². The number of H-pyrrole nitrogens is 1. The zero-order chi connectivity index (χ0) is 17.3. The lowest BCUT2D eigenvalue weighted by atomic mass is 9.92. The number of aromatic amines is 1. The van der Waals surface area contributed by atoms with Gasteiger partial charge in [0.25, 0.3) is 10.0 Å². The molecule has 0 aliphatic heterocycles. The molecule has 0 radical (unpaired) electrons. The molecule has 1 aliphatic rings. The fourth-order valence-corrected chi connectivity index (χ4v) is 4.35. The summed E-state index contributed by atoms with van der Waals surface area (Å²) in [6.45, 7) is 0. The number of aromatic nitrogens is 2. The molecular weight excluding hydrogens is 334 g/mol. The van der Waals surface area contributed by atoms with Crippen LogP contribution < -0.4 is 4.72 Å². The fourth-order valence-electron chi connectivity index (χ4n) is 3.26. The molecule has 0 fully saturated rings. The molecule has 1 heterocycles. The topological polar surface area (TPSA) is 74.8 Å². The SMILES string of the molecule is O=S(=O)(Nc1cccc(-c2cnc[nH]2)c1)c1ccc2c(c1)CCCC2. The molecule has 0 saturated heterocycles. The van der Waals surface area contributed by atoms with Gasteiger partial charge in [-0.05, 0) is 61.1 Å². The van der Waals surface area contributed by atoms with Gasteiger partial charge in [0.15, 0.2) is 0 Å². The minimum absolute atomic E-state index is 0.320. The second-order valence-corrected chi connectivity index (χ2v) is 7.97. The molecular formula is C19H19N3O2S. The molecule has 0 bridgehead atoms. The van der Waals surface area contributed by atoms with Gasteiger partial charge >= 0.3 is 0 Å². The summed E-state index contributed by atoms with van der Waals surface area (Å²) in [6, 6.07) is 12.7. The van der Waals surface area contributed by atoms with Crippen molar-refractivity contribution in [3.05, 3.63) is 66.1 Å². The van der Waals surface area contributed by atoms with Gasteiger partial charge in [0.2, 0.25) is 0 Å². The van der Waals surface area contributed by atoms with E-state index in [1.807, 2.05) is 24.3 Å². The van der Waals surface area contributed by atoms with E-state index in [0.29, 0.717) is 10.6 Å². The van der Waals surface area contributed by atoms with Crippen molar-refractivity contribution in [2.24, 2.45) is 0 Å². The summed E-state index contributed by atoms with van der Waals surface area (Å²) in [5, 5.41) is 0. The average molecular weight is 353 g/mol. The molecule has 0 unspecified atom stereocenters. The molecule has 6 heteroatoms. The number of nitrogens with one attached hydrogen (secondary N) is 2. The van der Waals surface area contributed by atoms with Gasteiger partial charge in [-0.15, -0.1) is 0 Å². The van der Waals surface area contributed by atoms with E-state index >= 15 is 0 Å². The number of hydrogen-bond donors (Lipinski definition) is 2. The summed E-state index contributed by atoms with van der Waals surface area (Å²) in [6.07, 6.45) is 7.59. The summed E-state index contributed by atoms with van der Waals surface area (Å²) in [4.78, 5) is 7.34. The molecule has 5 nitrogen and oxygen atoms in total. The first kappa shape index (κ1) is 15.9. The van der Waals surface area contributed by atoms with E-state index in [1.54, 1.807) is 30.7 Å². The first-order valence-corrected chi connectivity index (χ1v) is 9.84. The van der Waals surface area contributed by atoms with Gasteiger partial charge in [0.1, 0.15) is 0 Å². The van der Waals surface area contributed by atoms with Crippen LogP contribution in [0.15, 0.2) is 59.9 Å². The molecule has 0 atom stereocenters. The van der Waals surface area contributed by atoms with E-state index in [9.17, 15) is 8.42 Å². The minimum atomic E-state index is -3.61. The van der Waals surface area contributed by atoms with Crippen molar-refractivity contribution in [3.63, 3.8) is 0 Å². The predicted octanol–water partition coefficient (Wildman–Crippen LogP) is 3.76. The second kappa shape index (κ2) is 6.37. The lowest BCUT2D eigenvalue weighted by molar-refractivity contribution is 0.600. The molecule has 0 saturated carbocycles. The lowest BCUT2D eigenvalue weighted by Gasteiger charge is -2.17. The predicted molar refractivity (Wildman–Crippen MR) is 97.9 cm³/mol. The minimum Gasteiger partial charge on any atom is -0.345 e. The molecule has 1 aromatic heterocycles. The van der Waals surface area contributed by atoms with E-state index < -0.39 is 10.0 Å². The maximum atomic E-state index is 12.8. The van der Waals surface area contributed by atoms with Crippen LogP contribution in [0.3, 0.4) is 0 Å². The van der Waals surface area contributed by atoms with Gasteiger partial charge < -0.3 is 4.98 Å². The van der Waals surface area contributed by atoms with Crippen LogP contribution in [0, 0.1) is 0 Å². The summed E-state index contributed by atoms with van der Waals surface area (Å²) >= 11 is 0. The fraction of sp³-hybridized carbons (Fsp3) is 0.211. The van der Waals surface area contributed by atoms with Crippen molar-refractivity contribution < 1.29 is 8.42 Å². The number of sulfonamides is 1. The summed E-state index contributed by atoms with van der Waals surface area (Å²) < 4.78 is 28.2. The molecule has 25 heavy (non-hydrogen) atoms. The summed E-state index contributed by atoms with van der Waals surface area (Å²) in [7, 11) is -3.61. The third kappa shape index (κ3) is 3.30. The van der Waals surface area contributed by atoms with Crippen LogP contribution in [0.4, 0.5) is 5.69 Å². The third-order valence-electron chi connectivity index (χ3n) is 4.55. The van der Waals surface area contributed by atoms with Crippen LogP contribution >= 0.6 is 0 Å². The molecule has 128 valence electrons. The Morgan fingerprint density at radius 1 is 1.00 bits per heavy atom. The third-order valence-corrected chi connectivity index (χ3v) is 5.93. The van der Waals surface area contributed by atoms with Gasteiger partial charge in [-0.2, -0.15) is 0 Å². The van der Waals surface area contributed by atoms with Crippen LogP contribution in [0.1, 0.15) is 24.0 Å². The van der Waals surface area contributed by atoms with Crippen molar-refractivity contribution in [1.29, 1.82) is 0 Å². The summed E-state index contributed by atoms with van der Waals surface area (Å²) in [5.41, 5.74) is 4.68. The normalized spacial score (nSPS) is 14.1. The highest BCUT2D eigenvalue weighted by Gasteiger charge is 2.18. The van der Waals surface area contributed by atoms with E-state index in [4.69, 9.17) is 0 Å². The molecule has 0 amide bonds. The number of rotatable bonds is 4. The van der Waals surface area contributed by atoms with Gasteiger partial charge in [-0.3, -0.25) is 4.72 Å². The maximum Gasteiger partial charge on any atom is 0.261 e. The number of anilines is 1. The van der Waals surface area contributed by atoms with E-state index in [-0.39, 0.29) is 0 Å². The van der Waals surface area contributed by atoms with E-state index in [1.165, 1.54) is 12.0 Å². The Kier molecular flexibility index (Phi) is 4.05. The first-order chi connectivity index (χ1) is 12.1. The van der Waals surface area contributed by atoms with Crippen LogP contribution in [-0.4, -0.2) is 18.4 Å². The monoisotopic (exact) mass is 353 g/mol. The van der Waals surface area contributed by atoms with Crippen molar-refractivity contribution in [2.75, 3.05) is 4.72 Å².